The van der Waals surface area contributed by atoms with Crippen molar-refractivity contribution in [3.8, 4) is 0 Å². The zero-order valence-corrected chi connectivity index (χ0v) is 8.92. The molecule has 0 heterocycles. The molecule has 0 unspecified atom stereocenters. The molecule has 0 radical (unpaired) electrons. The molecule has 4 nitrogen and oxygen atoms in total. The summed E-state index contributed by atoms with van der Waals surface area (Å²) >= 11 is 0. The molecule has 0 aliphatic heterocycles. The van der Waals surface area contributed by atoms with Gasteiger partial charge >= 0.3 is 6.16 Å². The monoisotopic (exact) mass is 190 g/mol. The highest BCUT2D eigenvalue weighted by atomic mass is 16.8. The van der Waals surface area contributed by atoms with Crippen LogP contribution >= 0.6 is 0 Å². The van der Waals surface area contributed by atoms with Crippen LogP contribution in [0, 0.1) is 0 Å². The van der Waals surface area contributed by atoms with Gasteiger partial charge in [0.05, 0.1) is 11.7 Å². The third kappa shape index (κ3) is 9.14. The van der Waals surface area contributed by atoms with Crippen molar-refractivity contribution in [1.82, 2.24) is 0 Å². The Labute approximate surface area is 79.2 Å². The van der Waals surface area contributed by atoms with Crippen LogP contribution in [0.15, 0.2) is 0 Å². The van der Waals surface area contributed by atoms with Crippen molar-refractivity contribution < 1.29 is 19.0 Å². The number of hydrogen-bond donors (Lipinski definition) is 0. The molecule has 0 atom stereocenters. The van der Waals surface area contributed by atoms with Gasteiger partial charge in [-0.05, 0) is 34.6 Å². The first kappa shape index (κ1) is 12.2. The van der Waals surface area contributed by atoms with E-state index in [1.807, 2.05) is 20.8 Å². The normalized spacial score (nSPS) is 11.5. The summed E-state index contributed by atoms with van der Waals surface area (Å²) in [5.74, 6) is 0. The molecule has 0 aromatic heterocycles. The van der Waals surface area contributed by atoms with E-state index in [9.17, 15) is 4.79 Å². The van der Waals surface area contributed by atoms with E-state index < -0.39 is 6.16 Å². The molecular formula is C9H18O4. The fourth-order valence-corrected chi connectivity index (χ4v) is 0.481. The Hall–Kier alpha value is -0.770. The van der Waals surface area contributed by atoms with Crippen LogP contribution in [0.3, 0.4) is 0 Å². The summed E-state index contributed by atoms with van der Waals surface area (Å²) in [7, 11) is 0. The average molecular weight is 190 g/mol. The molecule has 0 fully saturated rings. The lowest BCUT2D eigenvalue weighted by Gasteiger charge is -2.19. The van der Waals surface area contributed by atoms with Crippen molar-refractivity contribution in [2.45, 2.75) is 46.3 Å². The Morgan fingerprint density at radius 1 is 1.31 bits per heavy atom. The molecule has 13 heavy (non-hydrogen) atoms. The molecule has 0 aliphatic rings. The summed E-state index contributed by atoms with van der Waals surface area (Å²) in [6.45, 7) is 9.07. The van der Waals surface area contributed by atoms with Crippen molar-refractivity contribution in [2.24, 2.45) is 0 Å². The van der Waals surface area contributed by atoms with Gasteiger partial charge in [0, 0.05) is 0 Å². The average Bonchev–Trinajstić information content (AvgIpc) is 1.81. The number of carbonyl (C=O) groups is 1. The van der Waals surface area contributed by atoms with Crippen molar-refractivity contribution in [1.29, 1.82) is 0 Å². The molecule has 0 spiro atoms. The molecule has 0 amide bonds. The topological polar surface area (TPSA) is 44.8 Å². The smallest absolute Gasteiger partial charge is 0.432 e. The van der Waals surface area contributed by atoms with Gasteiger partial charge < -0.3 is 14.2 Å². The first-order valence-corrected chi connectivity index (χ1v) is 4.28. The van der Waals surface area contributed by atoms with Crippen LogP contribution in [0.5, 0.6) is 0 Å². The maximum absolute atomic E-state index is 10.8. The molecule has 0 rings (SSSR count). The summed E-state index contributed by atoms with van der Waals surface area (Å²) < 4.78 is 14.5. The fraction of sp³-hybridized carbons (Fsp3) is 0.889. The lowest BCUT2D eigenvalue weighted by Crippen LogP contribution is -2.23. The fourth-order valence-electron chi connectivity index (χ4n) is 0.481. The molecule has 4 heteroatoms. The molecule has 0 N–H and O–H groups in total. The second-order valence-electron chi connectivity index (χ2n) is 3.94. The van der Waals surface area contributed by atoms with Gasteiger partial charge in [0.15, 0.2) is 6.79 Å². The lowest BCUT2D eigenvalue weighted by atomic mass is 10.2. The highest BCUT2D eigenvalue weighted by molar-refractivity contribution is 5.59. The van der Waals surface area contributed by atoms with Crippen LogP contribution < -0.4 is 0 Å². The third-order valence-electron chi connectivity index (χ3n) is 1.00. The first-order valence-electron chi connectivity index (χ1n) is 4.28. The van der Waals surface area contributed by atoms with Crippen molar-refractivity contribution in [2.75, 3.05) is 6.79 Å². The minimum atomic E-state index is -0.695. The number of carbonyl (C=O) groups excluding carboxylic acids is 1. The molecule has 78 valence electrons. The lowest BCUT2D eigenvalue weighted by molar-refractivity contribution is -0.108. The molecular weight excluding hydrogens is 172 g/mol. The number of rotatable bonds is 3. The van der Waals surface area contributed by atoms with Gasteiger partial charge in [-0.15, -0.1) is 0 Å². The molecule has 0 aliphatic carbocycles. The minimum absolute atomic E-state index is 0.0744. The molecule has 0 aromatic rings. The summed E-state index contributed by atoms with van der Waals surface area (Å²) in [5.41, 5.74) is -0.307. The van der Waals surface area contributed by atoms with Gasteiger partial charge in [0.2, 0.25) is 0 Å². The van der Waals surface area contributed by atoms with Crippen molar-refractivity contribution in [3.63, 3.8) is 0 Å². The summed E-state index contributed by atoms with van der Waals surface area (Å²) in [6, 6.07) is 0. The quantitative estimate of drug-likeness (QED) is 0.506. The van der Waals surface area contributed by atoms with Crippen molar-refractivity contribution in [3.05, 3.63) is 0 Å². The predicted octanol–water partition coefficient (Wildman–Crippen LogP) is 2.32. The van der Waals surface area contributed by atoms with Crippen LogP contribution in [-0.2, 0) is 14.2 Å². The predicted molar refractivity (Wildman–Crippen MR) is 48.4 cm³/mol. The first-order chi connectivity index (χ1) is 5.81. The Balaban J connectivity index is 3.49. The molecule has 0 saturated carbocycles. The maximum Gasteiger partial charge on any atom is 0.510 e. The second kappa shape index (κ2) is 5.07. The van der Waals surface area contributed by atoms with Crippen LogP contribution in [0.1, 0.15) is 34.6 Å². The zero-order chi connectivity index (χ0) is 10.5. The zero-order valence-electron chi connectivity index (χ0n) is 8.92. The van der Waals surface area contributed by atoms with E-state index in [2.05, 4.69) is 4.74 Å². The molecule has 0 aromatic carbocycles. The van der Waals surface area contributed by atoms with E-state index in [4.69, 9.17) is 9.47 Å². The van der Waals surface area contributed by atoms with Crippen LogP contribution in [0.25, 0.3) is 0 Å². The van der Waals surface area contributed by atoms with Gasteiger partial charge in [-0.25, -0.2) is 4.79 Å². The van der Waals surface area contributed by atoms with E-state index >= 15 is 0 Å². The summed E-state index contributed by atoms with van der Waals surface area (Å²) in [6.07, 6.45) is -0.860. The maximum atomic E-state index is 10.8. The largest absolute Gasteiger partial charge is 0.510 e. The Bertz CT molecular complexity index is 157. The van der Waals surface area contributed by atoms with E-state index in [0.717, 1.165) is 0 Å². The van der Waals surface area contributed by atoms with E-state index in [1.54, 1.807) is 13.8 Å². The van der Waals surface area contributed by atoms with Gasteiger partial charge in [0.1, 0.15) is 0 Å². The van der Waals surface area contributed by atoms with Gasteiger partial charge in [-0.2, -0.15) is 0 Å². The van der Waals surface area contributed by atoms with Crippen molar-refractivity contribution >= 4 is 6.16 Å². The van der Waals surface area contributed by atoms with Gasteiger partial charge in [0.25, 0.3) is 0 Å². The van der Waals surface area contributed by atoms with Gasteiger partial charge in [-0.1, -0.05) is 0 Å². The number of ether oxygens (including phenoxy) is 3. The molecule has 0 saturated heterocycles. The van der Waals surface area contributed by atoms with E-state index in [1.165, 1.54) is 0 Å². The van der Waals surface area contributed by atoms with Crippen LogP contribution in [-0.4, -0.2) is 24.7 Å². The Morgan fingerprint density at radius 3 is 2.23 bits per heavy atom. The Morgan fingerprint density at radius 2 is 1.85 bits per heavy atom. The van der Waals surface area contributed by atoms with Crippen LogP contribution in [0.2, 0.25) is 0 Å². The van der Waals surface area contributed by atoms with E-state index in [0.29, 0.717) is 0 Å². The third-order valence-corrected chi connectivity index (χ3v) is 1.00. The summed E-state index contributed by atoms with van der Waals surface area (Å²) in [5, 5.41) is 0. The van der Waals surface area contributed by atoms with Gasteiger partial charge in [-0.3, -0.25) is 0 Å². The Kier molecular flexibility index (Phi) is 4.77. The highest BCUT2D eigenvalue weighted by Crippen LogP contribution is 2.06. The second-order valence-corrected chi connectivity index (χ2v) is 3.94. The minimum Gasteiger partial charge on any atom is -0.432 e. The van der Waals surface area contributed by atoms with E-state index in [-0.39, 0.29) is 18.5 Å². The summed E-state index contributed by atoms with van der Waals surface area (Å²) in [4.78, 5) is 10.8. The highest BCUT2D eigenvalue weighted by Gasteiger charge is 2.12. The molecule has 0 bridgehead atoms. The standard InChI is InChI=1S/C9H18O4/c1-7(2)13-8(10)11-6-12-9(3,4)5/h7H,6H2,1-5H3. The van der Waals surface area contributed by atoms with Crippen LogP contribution in [0.4, 0.5) is 4.79 Å². The SMILES string of the molecule is CC(C)OC(=O)OCOC(C)(C)C. The number of hydrogen-bond acceptors (Lipinski definition) is 4.